The van der Waals surface area contributed by atoms with E-state index in [0.29, 0.717) is 5.39 Å². The Kier molecular flexibility index (Phi) is 3.33. The van der Waals surface area contributed by atoms with Crippen molar-refractivity contribution in [2.45, 2.75) is 6.18 Å². The predicted molar refractivity (Wildman–Crippen MR) is 77.2 cm³/mol. The second kappa shape index (κ2) is 5.04. The second-order valence-electron chi connectivity index (χ2n) is 4.56. The van der Waals surface area contributed by atoms with Crippen molar-refractivity contribution >= 4 is 22.4 Å². The van der Waals surface area contributed by atoms with Crippen LogP contribution in [0.4, 0.5) is 13.2 Å². The van der Waals surface area contributed by atoms with E-state index < -0.39 is 11.7 Å². The van der Waals surface area contributed by atoms with Gasteiger partial charge in [0.15, 0.2) is 0 Å². The summed E-state index contributed by atoms with van der Waals surface area (Å²) in [5, 5.41) is 1.66. The average molecular weight is 308 g/mol. The summed E-state index contributed by atoms with van der Waals surface area (Å²) in [6.45, 7) is 0. The predicted octanol–water partition coefficient (Wildman–Crippen LogP) is 5.57. The number of pyridine rings is 1. The van der Waals surface area contributed by atoms with Gasteiger partial charge in [-0.05, 0) is 17.5 Å². The van der Waals surface area contributed by atoms with Crippen LogP contribution in [0.1, 0.15) is 5.56 Å². The molecule has 0 aliphatic rings. The first-order chi connectivity index (χ1) is 9.97. The van der Waals surface area contributed by atoms with Gasteiger partial charge in [0.1, 0.15) is 5.15 Å². The zero-order valence-electron chi connectivity index (χ0n) is 10.7. The fourth-order valence-electron chi connectivity index (χ4n) is 2.25. The Morgan fingerprint density at radius 1 is 0.905 bits per heavy atom. The Bertz CT molecular complexity index is 812. The zero-order chi connectivity index (χ0) is 15.0. The molecule has 21 heavy (non-hydrogen) atoms. The zero-order valence-corrected chi connectivity index (χ0v) is 11.4. The van der Waals surface area contributed by atoms with Gasteiger partial charge in [-0.25, -0.2) is 4.98 Å². The number of hydrogen-bond donors (Lipinski definition) is 0. The van der Waals surface area contributed by atoms with Crippen LogP contribution >= 0.6 is 11.6 Å². The standard InChI is InChI=1S/C16H9ClF3N/c17-15-11-6-2-1-5-10(11)9-14(21-15)12-7-3-4-8-13(12)16(18,19)20/h1-9H. The molecule has 1 nitrogen and oxygen atoms in total. The molecule has 0 saturated heterocycles. The van der Waals surface area contributed by atoms with Crippen LogP contribution in [0.25, 0.3) is 22.0 Å². The lowest BCUT2D eigenvalue weighted by Crippen LogP contribution is -2.07. The summed E-state index contributed by atoms with van der Waals surface area (Å²) in [6, 6.07) is 14.1. The Hall–Kier alpha value is -2.07. The van der Waals surface area contributed by atoms with Gasteiger partial charge in [-0.2, -0.15) is 13.2 Å². The van der Waals surface area contributed by atoms with E-state index in [2.05, 4.69) is 4.98 Å². The van der Waals surface area contributed by atoms with E-state index in [-0.39, 0.29) is 16.4 Å². The van der Waals surface area contributed by atoms with Crippen molar-refractivity contribution in [3.05, 3.63) is 65.3 Å². The number of fused-ring (bicyclic) bond motifs is 1. The van der Waals surface area contributed by atoms with Crippen LogP contribution in [0.2, 0.25) is 5.15 Å². The molecular formula is C16H9ClF3N. The molecule has 3 rings (SSSR count). The number of aromatic nitrogens is 1. The first-order valence-electron chi connectivity index (χ1n) is 6.19. The van der Waals surface area contributed by atoms with Crippen molar-refractivity contribution in [3.8, 4) is 11.3 Å². The number of halogens is 4. The molecule has 5 heteroatoms. The van der Waals surface area contributed by atoms with Gasteiger partial charge in [0.2, 0.25) is 0 Å². The fraction of sp³-hybridized carbons (Fsp3) is 0.0625. The van der Waals surface area contributed by atoms with Crippen LogP contribution < -0.4 is 0 Å². The van der Waals surface area contributed by atoms with Gasteiger partial charge in [0, 0.05) is 10.9 Å². The van der Waals surface area contributed by atoms with Crippen molar-refractivity contribution in [2.24, 2.45) is 0 Å². The molecular weight excluding hydrogens is 299 g/mol. The molecule has 0 aliphatic carbocycles. The third kappa shape index (κ3) is 2.59. The first kappa shape index (κ1) is 13.9. The Morgan fingerprint density at radius 3 is 2.33 bits per heavy atom. The van der Waals surface area contributed by atoms with E-state index in [4.69, 9.17) is 11.6 Å². The van der Waals surface area contributed by atoms with E-state index in [1.807, 2.05) is 0 Å². The number of alkyl halides is 3. The second-order valence-corrected chi connectivity index (χ2v) is 4.92. The average Bonchev–Trinajstić information content (AvgIpc) is 2.46. The lowest BCUT2D eigenvalue weighted by Gasteiger charge is -2.13. The molecule has 0 spiro atoms. The van der Waals surface area contributed by atoms with Crippen molar-refractivity contribution in [1.82, 2.24) is 4.98 Å². The highest BCUT2D eigenvalue weighted by atomic mass is 35.5. The molecule has 0 radical (unpaired) electrons. The van der Waals surface area contributed by atoms with Crippen molar-refractivity contribution in [1.29, 1.82) is 0 Å². The lowest BCUT2D eigenvalue weighted by molar-refractivity contribution is -0.137. The van der Waals surface area contributed by atoms with Gasteiger partial charge in [-0.1, -0.05) is 54.1 Å². The minimum atomic E-state index is -4.43. The number of benzene rings is 2. The van der Waals surface area contributed by atoms with Gasteiger partial charge >= 0.3 is 6.18 Å². The van der Waals surface area contributed by atoms with Crippen LogP contribution in [0.5, 0.6) is 0 Å². The van der Waals surface area contributed by atoms with Crippen molar-refractivity contribution in [2.75, 3.05) is 0 Å². The number of nitrogens with zero attached hydrogens (tertiary/aromatic N) is 1. The number of hydrogen-bond acceptors (Lipinski definition) is 1. The molecule has 0 amide bonds. The summed E-state index contributed by atoms with van der Waals surface area (Å²) in [6.07, 6.45) is -4.43. The van der Waals surface area contributed by atoms with Crippen molar-refractivity contribution < 1.29 is 13.2 Å². The molecule has 0 aliphatic heterocycles. The normalized spacial score (nSPS) is 11.8. The molecule has 0 N–H and O–H groups in total. The maximum atomic E-state index is 13.1. The maximum absolute atomic E-state index is 13.1. The van der Waals surface area contributed by atoms with Gasteiger partial charge in [-0.15, -0.1) is 0 Å². The first-order valence-corrected chi connectivity index (χ1v) is 6.56. The van der Waals surface area contributed by atoms with Crippen LogP contribution in [-0.4, -0.2) is 4.98 Å². The lowest BCUT2D eigenvalue weighted by atomic mass is 10.0. The highest BCUT2D eigenvalue weighted by Gasteiger charge is 2.33. The minimum Gasteiger partial charge on any atom is -0.235 e. The molecule has 1 aromatic heterocycles. The molecule has 0 saturated carbocycles. The Balaban J connectivity index is 2.27. The summed E-state index contributed by atoms with van der Waals surface area (Å²) in [5.41, 5.74) is -0.479. The van der Waals surface area contributed by atoms with Gasteiger partial charge < -0.3 is 0 Å². The molecule has 0 fully saturated rings. The summed E-state index contributed by atoms with van der Waals surface area (Å²) in [4.78, 5) is 4.11. The highest BCUT2D eigenvalue weighted by Crippen LogP contribution is 2.37. The molecule has 3 aromatic rings. The minimum absolute atomic E-state index is 0.0256. The Labute approximate surface area is 124 Å². The summed E-state index contributed by atoms with van der Waals surface area (Å²) in [5.74, 6) is 0. The quantitative estimate of drug-likeness (QED) is 0.535. The molecule has 0 atom stereocenters. The monoisotopic (exact) mass is 307 g/mol. The van der Waals surface area contributed by atoms with Crippen LogP contribution in [0.3, 0.4) is 0 Å². The van der Waals surface area contributed by atoms with Gasteiger partial charge in [0.25, 0.3) is 0 Å². The maximum Gasteiger partial charge on any atom is 0.417 e. The van der Waals surface area contributed by atoms with E-state index >= 15 is 0 Å². The van der Waals surface area contributed by atoms with Crippen LogP contribution in [0, 0.1) is 0 Å². The summed E-state index contributed by atoms with van der Waals surface area (Å²) >= 11 is 6.09. The molecule has 2 aromatic carbocycles. The molecule has 0 bridgehead atoms. The van der Waals surface area contributed by atoms with Gasteiger partial charge in [-0.3, -0.25) is 0 Å². The summed E-state index contributed by atoms with van der Waals surface area (Å²) < 4.78 is 39.3. The molecule has 106 valence electrons. The van der Waals surface area contributed by atoms with E-state index in [1.165, 1.54) is 12.1 Å². The van der Waals surface area contributed by atoms with Crippen LogP contribution in [0.15, 0.2) is 54.6 Å². The van der Waals surface area contributed by atoms with Crippen molar-refractivity contribution in [3.63, 3.8) is 0 Å². The third-order valence-electron chi connectivity index (χ3n) is 3.20. The summed E-state index contributed by atoms with van der Waals surface area (Å²) in [7, 11) is 0. The largest absolute Gasteiger partial charge is 0.417 e. The highest BCUT2D eigenvalue weighted by molar-refractivity contribution is 6.34. The smallest absolute Gasteiger partial charge is 0.235 e. The molecule has 1 heterocycles. The van der Waals surface area contributed by atoms with E-state index in [9.17, 15) is 13.2 Å². The fourth-order valence-corrected chi connectivity index (χ4v) is 2.51. The molecule has 0 unspecified atom stereocenters. The topological polar surface area (TPSA) is 12.9 Å². The van der Waals surface area contributed by atoms with Gasteiger partial charge in [0.05, 0.1) is 11.3 Å². The van der Waals surface area contributed by atoms with E-state index in [0.717, 1.165) is 11.5 Å². The van der Waals surface area contributed by atoms with Crippen LogP contribution in [-0.2, 0) is 6.18 Å². The van der Waals surface area contributed by atoms with E-state index in [1.54, 1.807) is 36.4 Å². The third-order valence-corrected chi connectivity index (χ3v) is 3.49. The Morgan fingerprint density at radius 2 is 1.57 bits per heavy atom. The number of rotatable bonds is 1. The SMILES string of the molecule is FC(F)(F)c1ccccc1-c1cc2ccccc2c(Cl)n1.